The van der Waals surface area contributed by atoms with Gasteiger partial charge in [0.05, 0.1) is 5.69 Å². The van der Waals surface area contributed by atoms with Crippen LogP contribution in [0.2, 0.25) is 0 Å². The van der Waals surface area contributed by atoms with Gasteiger partial charge in [-0.3, -0.25) is 19.7 Å². The Morgan fingerprint density at radius 2 is 1.72 bits per heavy atom. The molecule has 4 rings (SSSR count). The van der Waals surface area contributed by atoms with E-state index in [-0.39, 0.29) is 17.6 Å². The van der Waals surface area contributed by atoms with Crippen LogP contribution in [0.4, 0.5) is 15.2 Å². The van der Waals surface area contributed by atoms with E-state index in [2.05, 4.69) is 39.7 Å². The Labute approximate surface area is 273 Å². The first-order valence-corrected chi connectivity index (χ1v) is 16.1. The highest BCUT2D eigenvalue weighted by atomic mass is 32.1. The zero-order chi connectivity index (χ0) is 33.2. The molecule has 11 heteroatoms. The first kappa shape index (κ1) is 34.3. The Hall–Kier alpha value is -4.61. The molecule has 9 nitrogen and oxygen atoms in total. The fraction of sp³-hybridized carbons (Fsp3) is 0.314. The van der Waals surface area contributed by atoms with E-state index >= 15 is 0 Å². The number of rotatable bonds is 14. The van der Waals surface area contributed by atoms with Gasteiger partial charge in [-0.1, -0.05) is 50.3 Å². The van der Waals surface area contributed by atoms with Gasteiger partial charge in [-0.05, 0) is 87.3 Å². The maximum absolute atomic E-state index is 13.4. The third-order valence-corrected chi connectivity index (χ3v) is 8.17. The van der Waals surface area contributed by atoms with Gasteiger partial charge >= 0.3 is 0 Å². The van der Waals surface area contributed by atoms with E-state index in [1.807, 2.05) is 26.2 Å². The molecule has 0 saturated heterocycles. The Morgan fingerprint density at radius 1 is 0.978 bits per heavy atom. The summed E-state index contributed by atoms with van der Waals surface area (Å²) in [5.41, 5.74) is 3.18. The fourth-order valence-electron chi connectivity index (χ4n) is 4.62. The second kappa shape index (κ2) is 16.1. The lowest BCUT2D eigenvalue weighted by Crippen LogP contribution is -2.28. The number of hydrogen-bond acceptors (Lipinski definition) is 6. The number of halogens is 1. The van der Waals surface area contributed by atoms with Gasteiger partial charge < -0.3 is 20.1 Å². The van der Waals surface area contributed by atoms with E-state index in [0.29, 0.717) is 46.7 Å². The van der Waals surface area contributed by atoms with Gasteiger partial charge in [-0.2, -0.15) is 0 Å². The molecule has 0 atom stereocenters. The number of nitrogens with zero attached hydrogens (tertiary/aromatic N) is 3. The van der Waals surface area contributed by atoms with Crippen LogP contribution in [0.25, 0.3) is 12.2 Å². The summed E-state index contributed by atoms with van der Waals surface area (Å²) in [6.45, 7) is 5.65. The number of thiazole rings is 1. The number of amides is 3. The molecule has 2 aromatic heterocycles. The molecule has 46 heavy (non-hydrogen) atoms. The molecule has 0 spiro atoms. The summed E-state index contributed by atoms with van der Waals surface area (Å²) in [5, 5.41) is 8.97. The highest BCUT2D eigenvalue weighted by molar-refractivity contribution is 7.16. The summed E-state index contributed by atoms with van der Waals surface area (Å²) < 4.78 is 15.0. The first-order chi connectivity index (χ1) is 22.0. The quantitative estimate of drug-likeness (QED) is 0.106. The van der Waals surface area contributed by atoms with Crippen molar-refractivity contribution >= 4 is 52.0 Å². The SMILES string of the molecule is CC(C)CCc1sc(NC(=O)c2cc(NC(=O)c3ccc(/C=C/c4cccc(F)c4)cc3)cn2C)nc1C(=O)NCCCN(C)C. The van der Waals surface area contributed by atoms with Gasteiger partial charge in [0, 0.05) is 30.2 Å². The zero-order valence-electron chi connectivity index (χ0n) is 26.9. The van der Waals surface area contributed by atoms with Crippen LogP contribution in [0.1, 0.15) is 74.0 Å². The van der Waals surface area contributed by atoms with Crippen molar-refractivity contribution < 1.29 is 18.8 Å². The molecule has 2 aromatic carbocycles. The van der Waals surface area contributed by atoms with Crippen LogP contribution in [0.15, 0.2) is 60.8 Å². The minimum Gasteiger partial charge on any atom is -0.351 e. The van der Waals surface area contributed by atoms with Crippen LogP contribution in [-0.2, 0) is 13.5 Å². The molecule has 2 heterocycles. The summed E-state index contributed by atoms with van der Waals surface area (Å²) in [5.74, 6) is -0.817. The molecule has 0 aliphatic carbocycles. The van der Waals surface area contributed by atoms with Crippen molar-refractivity contribution in [2.24, 2.45) is 13.0 Å². The van der Waals surface area contributed by atoms with Crippen molar-refractivity contribution in [3.05, 3.63) is 99.6 Å². The van der Waals surface area contributed by atoms with E-state index in [1.54, 1.807) is 60.3 Å². The van der Waals surface area contributed by atoms with Crippen molar-refractivity contribution in [1.82, 2.24) is 19.8 Å². The predicted octanol–water partition coefficient (Wildman–Crippen LogP) is 6.57. The molecule has 0 saturated carbocycles. The minimum atomic E-state index is -0.403. The third kappa shape index (κ3) is 9.95. The highest BCUT2D eigenvalue weighted by Gasteiger charge is 2.21. The second-order valence-corrected chi connectivity index (χ2v) is 12.9. The topological polar surface area (TPSA) is 108 Å². The molecule has 0 bridgehead atoms. The van der Waals surface area contributed by atoms with Gasteiger partial charge in [-0.25, -0.2) is 9.37 Å². The largest absolute Gasteiger partial charge is 0.351 e. The molecule has 0 radical (unpaired) electrons. The number of carbonyl (C=O) groups is 3. The third-order valence-electron chi connectivity index (χ3n) is 7.13. The normalized spacial score (nSPS) is 11.4. The van der Waals surface area contributed by atoms with Gasteiger partial charge in [-0.15, -0.1) is 11.3 Å². The predicted molar refractivity (Wildman–Crippen MR) is 184 cm³/mol. The molecular formula is C35H41FN6O3S. The smallest absolute Gasteiger partial charge is 0.274 e. The number of carbonyl (C=O) groups excluding carboxylic acids is 3. The van der Waals surface area contributed by atoms with Crippen molar-refractivity contribution in [3.8, 4) is 0 Å². The van der Waals surface area contributed by atoms with Crippen LogP contribution in [0.3, 0.4) is 0 Å². The molecule has 0 aliphatic rings. The van der Waals surface area contributed by atoms with Gasteiger partial charge in [0.1, 0.15) is 17.2 Å². The number of hydrogen-bond donors (Lipinski definition) is 3. The molecule has 4 aromatic rings. The van der Waals surface area contributed by atoms with Gasteiger partial charge in [0.2, 0.25) is 0 Å². The maximum Gasteiger partial charge on any atom is 0.274 e. The molecule has 3 N–H and O–H groups in total. The fourth-order valence-corrected chi connectivity index (χ4v) is 5.59. The zero-order valence-corrected chi connectivity index (χ0v) is 27.7. The average Bonchev–Trinajstić information content (AvgIpc) is 3.59. The summed E-state index contributed by atoms with van der Waals surface area (Å²) in [7, 11) is 5.69. The highest BCUT2D eigenvalue weighted by Crippen LogP contribution is 2.27. The lowest BCUT2D eigenvalue weighted by Gasteiger charge is -2.10. The summed E-state index contributed by atoms with van der Waals surface area (Å²) in [6, 6.07) is 14.9. The molecule has 0 aliphatic heterocycles. The number of benzene rings is 2. The molecule has 0 unspecified atom stereocenters. The second-order valence-electron chi connectivity index (χ2n) is 11.8. The van der Waals surface area contributed by atoms with Crippen LogP contribution in [0.5, 0.6) is 0 Å². The number of aryl methyl sites for hydroxylation is 2. The minimum absolute atomic E-state index is 0.242. The monoisotopic (exact) mass is 644 g/mol. The average molecular weight is 645 g/mol. The van der Waals surface area contributed by atoms with E-state index in [9.17, 15) is 18.8 Å². The van der Waals surface area contributed by atoms with Crippen LogP contribution >= 0.6 is 11.3 Å². The van der Waals surface area contributed by atoms with E-state index in [4.69, 9.17) is 0 Å². The van der Waals surface area contributed by atoms with E-state index in [1.165, 1.54) is 23.5 Å². The summed E-state index contributed by atoms with van der Waals surface area (Å²) in [4.78, 5) is 46.5. The van der Waals surface area contributed by atoms with Crippen molar-refractivity contribution in [2.45, 2.75) is 33.1 Å². The van der Waals surface area contributed by atoms with Gasteiger partial charge in [0.15, 0.2) is 5.13 Å². The summed E-state index contributed by atoms with van der Waals surface area (Å²) in [6.07, 6.45) is 7.71. The van der Waals surface area contributed by atoms with Crippen molar-refractivity contribution in [1.29, 1.82) is 0 Å². The molecule has 0 fully saturated rings. The number of aromatic nitrogens is 2. The Kier molecular flexibility index (Phi) is 12.0. The lowest BCUT2D eigenvalue weighted by atomic mass is 10.1. The molecular weight excluding hydrogens is 603 g/mol. The molecule has 3 amide bonds. The van der Waals surface area contributed by atoms with E-state index < -0.39 is 5.91 Å². The van der Waals surface area contributed by atoms with Crippen LogP contribution in [0, 0.1) is 11.7 Å². The number of anilines is 2. The Bertz CT molecular complexity index is 1690. The van der Waals surface area contributed by atoms with Crippen LogP contribution in [-0.4, -0.2) is 59.4 Å². The summed E-state index contributed by atoms with van der Waals surface area (Å²) >= 11 is 1.31. The van der Waals surface area contributed by atoms with Crippen LogP contribution < -0.4 is 16.0 Å². The Morgan fingerprint density at radius 3 is 2.41 bits per heavy atom. The Balaban J connectivity index is 1.39. The van der Waals surface area contributed by atoms with Crippen molar-refractivity contribution in [2.75, 3.05) is 37.8 Å². The van der Waals surface area contributed by atoms with Gasteiger partial charge in [0.25, 0.3) is 17.7 Å². The standard InChI is InChI=1S/C35H41FN6O3S/c1-23(2)10-17-30-31(34(45)37-18-7-19-41(3)4)39-35(46-30)40-33(44)29-21-28(22-42(29)5)38-32(43)26-15-13-24(14-16-26)11-12-25-8-6-9-27(36)20-25/h6,8-9,11-16,20-23H,7,10,17-19H2,1-5H3,(H,37,45)(H,38,43)(H,39,40,44)/b12-11+. The first-order valence-electron chi connectivity index (χ1n) is 15.2. The van der Waals surface area contributed by atoms with Crippen molar-refractivity contribution in [3.63, 3.8) is 0 Å². The molecule has 242 valence electrons. The number of nitrogens with one attached hydrogen (secondary N) is 3. The maximum atomic E-state index is 13.4. The lowest BCUT2D eigenvalue weighted by molar-refractivity contribution is 0.0944. The van der Waals surface area contributed by atoms with E-state index in [0.717, 1.165) is 35.4 Å².